The van der Waals surface area contributed by atoms with Crippen molar-refractivity contribution in [2.45, 2.75) is 24.9 Å². The van der Waals surface area contributed by atoms with Crippen LogP contribution in [0.3, 0.4) is 0 Å². The second kappa shape index (κ2) is 9.78. The van der Waals surface area contributed by atoms with E-state index in [4.69, 9.17) is 4.74 Å². The molecule has 0 spiro atoms. The summed E-state index contributed by atoms with van der Waals surface area (Å²) < 4.78 is 7.26. The highest BCUT2D eigenvalue weighted by Crippen LogP contribution is 2.32. The molecule has 0 aliphatic carbocycles. The molecule has 0 N–H and O–H groups in total. The van der Waals surface area contributed by atoms with Crippen molar-refractivity contribution in [1.82, 2.24) is 19.7 Å². The minimum atomic E-state index is 0.00326. The van der Waals surface area contributed by atoms with Crippen molar-refractivity contribution in [3.05, 3.63) is 84.2 Å². The van der Waals surface area contributed by atoms with Gasteiger partial charge in [0.2, 0.25) is 0 Å². The first-order valence-electron chi connectivity index (χ1n) is 10.3. The predicted octanol–water partition coefficient (Wildman–Crippen LogP) is 5.44. The molecule has 2 aromatic carbocycles. The van der Waals surface area contributed by atoms with Crippen molar-refractivity contribution in [1.29, 1.82) is 0 Å². The molecule has 0 amide bonds. The van der Waals surface area contributed by atoms with Gasteiger partial charge in [-0.1, -0.05) is 55.9 Å². The van der Waals surface area contributed by atoms with E-state index >= 15 is 0 Å². The number of ketones is 1. The second-order valence-electron chi connectivity index (χ2n) is 7.54. The lowest BCUT2D eigenvalue weighted by Crippen LogP contribution is -2.07. The van der Waals surface area contributed by atoms with E-state index in [2.05, 4.69) is 41.2 Å². The van der Waals surface area contributed by atoms with E-state index in [-0.39, 0.29) is 11.5 Å². The molecule has 7 heteroatoms. The van der Waals surface area contributed by atoms with Crippen LogP contribution in [0.2, 0.25) is 0 Å². The fraction of sp³-hybridized carbons (Fsp3) is 0.200. The Labute approximate surface area is 191 Å². The van der Waals surface area contributed by atoms with Gasteiger partial charge < -0.3 is 4.74 Å². The highest BCUT2D eigenvalue weighted by atomic mass is 32.2. The quantitative estimate of drug-likeness (QED) is 0.266. The van der Waals surface area contributed by atoms with Gasteiger partial charge in [-0.15, -0.1) is 10.2 Å². The van der Waals surface area contributed by atoms with Crippen LogP contribution in [0.4, 0.5) is 0 Å². The number of Topliss-reactive ketones (excluding diaryl/α,β-unsaturated/α-hetero) is 1. The Balaban J connectivity index is 1.72. The summed E-state index contributed by atoms with van der Waals surface area (Å²) in [7, 11) is 1.59. The molecule has 162 valence electrons. The summed E-state index contributed by atoms with van der Waals surface area (Å²) in [5.41, 5.74) is 3.66. The summed E-state index contributed by atoms with van der Waals surface area (Å²) >= 11 is 1.37. The van der Waals surface area contributed by atoms with Crippen LogP contribution in [0.1, 0.15) is 35.7 Å². The zero-order valence-electron chi connectivity index (χ0n) is 18.2. The molecule has 2 aromatic heterocycles. The van der Waals surface area contributed by atoms with Crippen molar-refractivity contribution in [3.63, 3.8) is 0 Å². The van der Waals surface area contributed by atoms with Crippen molar-refractivity contribution in [3.8, 4) is 22.8 Å². The minimum absolute atomic E-state index is 0.00326. The average molecular weight is 445 g/mol. The summed E-state index contributed by atoms with van der Waals surface area (Å²) in [5.74, 6) is 1.91. The van der Waals surface area contributed by atoms with E-state index in [1.165, 1.54) is 17.3 Å². The lowest BCUT2D eigenvalue weighted by molar-refractivity contribution is 0.102. The van der Waals surface area contributed by atoms with Crippen molar-refractivity contribution in [2.24, 2.45) is 0 Å². The molecule has 0 aliphatic rings. The molecule has 0 saturated heterocycles. The molecule has 4 rings (SSSR count). The normalized spacial score (nSPS) is 11.0. The predicted molar refractivity (Wildman–Crippen MR) is 127 cm³/mol. The van der Waals surface area contributed by atoms with Crippen LogP contribution < -0.4 is 4.74 Å². The van der Waals surface area contributed by atoms with Gasteiger partial charge >= 0.3 is 0 Å². The maximum Gasteiger partial charge on any atom is 0.196 e. The van der Waals surface area contributed by atoms with Crippen LogP contribution in [-0.4, -0.2) is 38.4 Å². The fourth-order valence-corrected chi connectivity index (χ4v) is 4.29. The first-order valence-corrected chi connectivity index (χ1v) is 11.3. The number of thioether (sulfide) groups is 1. The summed E-state index contributed by atoms with van der Waals surface area (Å²) in [4.78, 5) is 17.1. The molecule has 0 fully saturated rings. The van der Waals surface area contributed by atoms with Gasteiger partial charge in [0.15, 0.2) is 16.8 Å². The molecule has 0 aliphatic heterocycles. The molecular weight excluding hydrogens is 420 g/mol. The summed E-state index contributed by atoms with van der Waals surface area (Å²) in [6.45, 7) is 4.32. The number of nitrogens with zero attached hydrogens (tertiary/aromatic N) is 4. The average Bonchev–Trinajstić information content (AvgIpc) is 3.26. The van der Waals surface area contributed by atoms with E-state index in [1.54, 1.807) is 31.6 Å². The first kappa shape index (κ1) is 21.8. The van der Waals surface area contributed by atoms with Crippen LogP contribution >= 0.6 is 11.8 Å². The van der Waals surface area contributed by atoms with Gasteiger partial charge in [-0.05, 0) is 41.8 Å². The summed E-state index contributed by atoms with van der Waals surface area (Å²) in [6, 6.07) is 19.2. The topological polar surface area (TPSA) is 69.9 Å². The second-order valence-corrected chi connectivity index (χ2v) is 8.48. The Morgan fingerprint density at radius 2 is 1.91 bits per heavy atom. The molecule has 6 nitrogen and oxygen atoms in total. The molecule has 0 atom stereocenters. The number of pyridine rings is 1. The molecular formula is C25H24N4O2S. The van der Waals surface area contributed by atoms with Gasteiger partial charge in [-0.25, -0.2) is 0 Å². The van der Waals surface area contributed by atoms with Gasteiger partial charge in [0.1, 0.15) is 5.75 Å². The molecule has 0 bridgehead atoms. The van der Waals surface area contributed by atoms with Crippen LogP contribution in [0.5, 0.6) is 5.75 Å². The zero-order valence-corrected chi connectivity index (χ0v) is 19.0. The Morgan fingerprint density at radius 3 is 2.66 bits per heavy atom. The van der Waals surface area contributed by atoms with Crippen molar-refractivity contribution in [2.75, 3.05) is 12.9 Å². The summed E-state index contributed by atoms with van der Waals surface area (Å²) in [5, 5.41) is 9.56. The smallest absolute Gasteiger partial charge is 0.196 e. The lowest BCUT2D eigenvalue weighted by atomic mass is 10.0. The van der Waals surface area contributed by atoms with Gasteiger partial charge in [-0.2, -0.15) is 0 Å². The van der Waals surface area contributed by atoms with Crippen molar-refractivity contribution >= 4 is 17.5 Å². The maximum atomic E-state index is 12.8. The van der Waals surface area contributed by atoms with E-state index in [0.717, 1.165) is 11.3 Å². The molecule has 0 radical (unpaired) electrons. The third-order valence-electron chi connectivity index (χ3n) is 5.08. The number of hydrogen-bond acceptors (Lipinski definition) is 6. The SMILES string of the molecule is COc1cccc(C(=O)CSc2nnc(-c3cccnc3)n2-c2ccccc2C(C)C)c1. The first-order chi connectivity index (χ1) is 15.6. The number of methoxy groups -OCH3 is 1. The molecule has 0 saturated carbocycles. The third kappa shape index (κ3) is 4.57. The minimum Gasteiger partial charge on any atom is -0.497 e. The van der Waals surface area contributed by atoms with Crippen LogP contribution in [0.25, 0.3) is 17.1 Å². The number of rotatable bonds is 8. The number of carbonyl (C=O) groups excluding carboxylic acids is 1. The Bertz CT molecular complexity index is 1220. The molecule has 4 aromatic rings. The molecule has 0 unspecified atom stereocenters. The lowest BCUT2D eigenvalue weighted by Gasteiger charge is -2.16. The number of carbonyl (C=O) groups is 1. The van der Waals surface area contributed by atoms with Gasteiger partial charge in [0, 0.05) is 23.5 Å². The number of para-hydroxylation sites is 1. The highest BCUT2D eigenvalue weighted by Gasteiger charge is 2.20. The molecule has 32 heavy (non-hydrogen) atoms. The number of aromatic nitrogens is 4. The van der Waals surface area contributed by atoms with E-state index < -0.39 is 0 Å². The van der Waals surface area contributed by atoms with Crippen LogP contribution in [0, 0.1) is 0 Å². The summed E-state index contributed by atoms with van der Waals surface area (Å²) in [6.07, 6.45) is 3.50. The Kier molecular flexibility index (Phi) is 6.66. The Morgan fingerprint density at radius 1 is 1.06 bits per heavy atom. The number of hydrogen-bond donors (Lipinski definition) is 0. The van der Waals surface area contributed by atoms with Crippen LogP contribution in [-0.2, 0) is 0 Å². The highest BCUT2D eigenvalue weighted by molar-refractivity contribution is 7.99. The van der Waals surface area contributed by atoms with Crippen LogP contribution in [0.15, 0.2) is 78.2 Å². The zero-order chi connectivity index (χ0) is 22.5. The molecule has 2 heterocycles. The van der Waals surface area contributed by atoms with Gasteiger partial charge in [0.25, 0.3) is 0 Å². The van der Waals surface area contributed by atoms with Gasteiger partial charge in [-0.3, -0.25) is 14.3 Å². The van der Waals surface area contributed by atoms with Gasteiger partial charge in [0.05, 0.1) is 18.6 Å². The monoisotopic (exact) mass is 444 g/mol. The van der Waals surface area contributed by atoms with E-state index in [9.17, 15) is 4.79 Å². The Hall–Kier alpha value is -3.45. The standard InChI is InChI=1S/C25H24N4O2S/c1-17(2)21-11-4-5-12-22(21)29-24(19-9-7-13-26-15-19)27-28-25(29)32-16-23(30)18-8-6-10-20(14-18)31-3/h4-15,17H,16H2,1-3H3. The largest absolute Gasteiger partial charge is 0.497 e. The number of benzene rings is 2. The number of ether oxygens (including phenoxy) is 1. The maximum absolute atomic E-state index is 12.8. The fourth-order valence-electron chi connectivity index (χ4n) is 3.45. The van der Waals surface area contributed by atoms with E-state index in [0.29, 0.717) is 28.2 Å². The van der Waals surface area contributed by atoms with Crippen molar-refractivity contribution < 1.29 is 9.53 Å². The third-order valence-corrected chi connectivity index (χ3v) is 6.01. The van der Waals surface area contributed by atoms with E-state index in [1.807, 2.05) is 41.0 Å².